The van der Waals surface area contributed by atoms with E-state index in [9.17, 15) is 4.79 Å². The molecule has 2 nitrogen and oxygen atoms in total. The number of carbonyl (C=O) groups is 1. The standard InChI is InChI=1S/C14H19O2/c1-3-4-5-6-10-16-14(15)13-9-7-8-12(2)11-13/h7-9,11H,2-6,10H2,1H3. The maximum atomic E-state index is 11.6. The van der Waals surface area contributed by atoms with Crippen molar-refractivity contribution in [3.8, 4) is 0 Å². The number of hydrogen-bond donors (Lipinski definition) is 0. The van der Waals surface area contributed by atoms with Crippen molar-refractivity contribution in [2.45, 2.75) is 32.6 Å². The molecule has 0 atom stereocenters. The van der Waals surface area contributed by atoms with Crippen LogP contribution in [-0.2, 0) is 4.74 Å². The zero-order valence-corrected chi connectivity index (χ0v) is 9.87. The van der Waals surface area contributed by atoms with Crippen LogP contribution in [0.4, 0.5) is 0 Å². The first-order valence-corrected chi connectivity index (χ1v) is 5.83. The minimum absolute atomic E-state index is 0.248. The second-order valence-electron chi connectivity index (χ2n) is 3.90. The van der Waals surface area contributed by atoms with Crippen molar-refractivity contribution < 1.29 is 9.53 Å². The van der Waals surface area contributed by atoms with Crippen molar-refractivity contribution in [3.05, 3.63) is 42.3 Å². The van der Waals surface area contributed by atoms with E-state index >= 15 is 0 Å². The Morgan fingerprint density at radius 1 is 1.31 bits per heavy atom. The normalized spacial score (nSPS) is 10.1. The zero-order chi connectivity index (χ0) is 11.8. The number of carbonyl (C=O) groups excluding carboxylic acids is 1. The molecule has 0 saturated heterocycles. The summed E-state index contributed by atoms with van der Waals surface area (Å²) in [5.41, 5.74) is 1.42. The van der Waals surface area contributed by atoms with Crippen LogP contribution in [0.3, 0.4) is 0 Å². The van der Waals surface area contributed by atoms with Crippen LogP contribution < -0.4 is 0 Å². The van der Waals surface area contributed by atoms with Gasteiger partial charge in [-0.05, 0) is 31.0 Å². The molecule has 1 radical (unpaired) electrons. The van der Waals surface area contributed by atoms with E-state index in [0.717, 1.165) is 18.4 Å². The van der Waals surface area contributed by atoms with Crippen LogP contribution in [0.2, 0.25) is 0 Å². The van der Waals surface area contributed by atoms with Gasteiger partial charge in [-0.25, -0.2) is 4.79 Å². The second kappa shape index (κ2) is 7.04. The Bertz CT molecular complexity index is 331. The number of rotatable bonds is 6. The van der Waals surface area contributed by atoms with Gasteiger partial charge >= 0.3 is 5.97 Å². The number of benzene rings is 1. The van der Waals surface area contributed by atoms with Crippen molar-refractivity contribution in [3.63, 3.8) is 0 Å². The van der Waals surface area contributed by atoms with E-state index in [-0.39, 0.29) is 5.97 Å². The second-order valence-corrected chi connectivity index (χ2v) is 3.90. The van der Waals surface area contributed by atoms with E-state index in [4.69, 9.17) is 4.74 Å². The van der Waals surface area contributed by atoms with Gasteiger partial charge in [-0.1, -0.05) is 38.3 Å². The fourth-order valence-electron chi connectivity index (χ4n) is 1.48. The molecular formula is C14H19O2. The third-order valence-corrected chi connectivity index (χ3v) is 2.39. The van der Waals surface area contributed by atoms with Crippen LogP contribution in [0.15, 0.2) is 24.3 Å². The molecule has 0 aliphatic heterocycles. The van der Waals surface area contributed by atoms with E-state index in [1.807, 2.05) is 12.1 Å². The Hall–Kier alpha value is -1.31. The highest BCUT2D eigenvalue weighted by molar-refractivity contribution is 5.89. The smallest absolute Gasteiger partial charge is 0.338 e. The molecule has 0 spiro atoms. The van der Waals surface area contributed by atoms with Gasteiger partial charge in [0.05, 0.1) is 12.2 Å². The molecule has 87 valence electrons. The predicted octanol–water partition coefficient (Wildman–Crippen LogP) is 3.61. The number of unbranched alkanes of at least 4 members (excludes halogenated alkanes) is 3. The molecule has 0 unspecified atom stereocenters. The highest BCUT2D eigenvalue weighted by atomic mass is 16.5. The highest BCUT2D eigenvalue weighted by Gasteiger charge is 2.05. The first kappa shape index (κ1) is 12.8. The molecule has 0 saturated carbocycles. The summed E-state index contributed by atoms with van der Waals surface area (Å²) in [6.07, 6.45) is 4.46. The molecule has 1 aromatic rings. The van der Waals surface area contributed by atoms with Gasteiger partial charge in [0.15, 0.2) is 0 Å². The Labute approximate surface area is 97.6 Å². The summed E-state index contributed by atoms with van der Waals surface area (Å²) in [6.45, 7) is 6.45. The molecular weight excluding hydrogens is 200 g/mol. The first-order valence-electron chi connectivity index (χ1n) is 5.83. The molecule has 1 aromatic carbocycles. The van der Waals surface area contributed by atoms with Gasteiger partial charge in [-0.3, -0.25) is 0 Å². The Balaban J connectivity index is 2.30. The lowest BCUT2D eigenvalue weighted by Crippen LogP contribution is -2.06. The van der Waals surface area contributed by atoms with Crippen molar-refractivity contribution in [1.29, 1.82) is 0 Å². The van der Waals surface area contributed by atoms with Crippen LogP contribution in [0.5, 0.6) is 0 Å². The molecule has 0 amide bonds. The van der Waals surface area contributed by atoms with E-state index in [0.29, 0.717) is 12.2 Å². The molecule has 0 N–H and O–H groups in total. The van der Waals surface area contributed by atoms with Crippen molar-refractivity contribution >= 4 is 5.97 Å². The van der Waals surface area contributed by atoms with Crippen LogP contribution >= 0.6 is 0 Å². The summed E-state index contributed by atoms with van der Waals surface area (Å²) in [4.78, 5) is 11.6. The van der Waals surface area contributed by atoms with Gasteiger partial charge < -0.3 is 4.74 Å². The summed E-state index contributed by atoms with van der Waals surface area (Å²) in [5, 5.41) is 0. The number of hydrogen-bond acceptors (Lipinski definition) is 2. The Kier molecular flexibility index (Phi) is 5.62. The summed E-state index contributed by atoms with van der Waals surface area (Å²) in [6, 6.07) is 7.17. The third kappa shape index (κ3) is 4.47. The number of ether oxygens (including phenoxy) is 1. The number of esters is 1. The van der Waals surface area contributed by atoms with Gasteiger partial charge in [-0.15, -0.1) is 0 Å². The average molecular weight is 219 g/mol. The zero-order valence-electron chi connectivity index (χ0n) is 9.87. The highest BCUT2D eigenvalue weighted by Crippen LogP contribution is 2.06. The van der Waals surface area contributed by atoms with Gasteiger partial charge in [-0.2, -0.15) is 0 Å². The van der Waals surface area contributed by atoms with Crippen LogP contribution in [0, 0.1) is 6.92 Å². The van der Waals surface area contributed by atoms with E-state index in [1.165, 1.54) is 12.8 Å². The summed E-state index contributed by atoms with van der Waals surface area (Å²) in [5.74, 6) is -0.248. The fraction of sp³-hybridized carbons (Fsp3) is 0.429. The fourth-order valence-corrected chi connectivity index (χ4v) is 1.48. The molecule has 2 heteroatoms. The van der Waals surface area contributed by atoms with Crippen LogP contribution in [0.25, 0.3) is 0 Å². The molecule has 16 heavy (non-hydrogen) atoms. The first-order chi connectivity index (χ1) is 7.74. The monoisotopic (exact) mass is 219 g/mol. The van der Waals surface area contributed by atoms with Gasteiger partial charge in [0.1, 0.15) is 0 Å². The molecule has 0 aliphatic carbocycles. The summed E-state index contributed by atoms with van der Waals surface area (Å²) < 4.78 is 5.16. The van der Waals surface area contributed by atoms with Crippen LogP contribution in [-0.4, -0.2) is 12.6 Å². The maximum absolute atomic E-state index is 11.6. The van der Waals surface area contributed by atoms with Gasteiger partial charge in [0, 0.05) is 0 Å². The summed E-state index contributed by atoms with van der Waals surface area (Å²) >= 11 is 0. The van der Waals surface area contributed by atoms with E-state index in [1.54, 1.807) is 12.1 Å². The molecule has 0 fully saturated rings. The lowest BCUT2D eigenvalue weighted by Gasteiger charge is -2.04. The molecule has 0 bridgehead atoms. The van der Waals surface area contributed by atoms with Crippen LogP contribution in [0.1, 0.15) is 48.5 Å². The lowest BCUT2D eigenvalue weighted by molar-refractivity contribution is 0.0498. The maximum Gasteiger partial charge on any atom is 0.338 e. The SMILES string of the molecule is [CH2]c1cccc(C(=O)OCCCCCC)c1. The topological polar surface area (TPSA) is 26.3 Å². The third-order valence-electron chi connectivity index (χ3n) is 2.39. The van der Waals surface area contributed by atoms with Gasteiger partial charge in [0.2, 0.25) is 0 Å². The van der Waals surface area contributed by atoms with Crippen molar-refractivity contribution in [2.24, 2.45) is 0 Å². The molecule has 0 aromatic heterocycles. The van der Waals surface area contributed by atoms with Crippen molar-refractivity contribution in [1.82, 2.24) is 0 Å². The largest absolute Gasteiger partial charge is 0.462 e. The molecule has 1 rings (SSSR count). The summed E-state index contributed by atoms with van der Waals surface area (Å²) in [7, 11) is 0. The average Bonchev–Trinajstić information content (AvgIpc) is 2.28. The van der Waals surface area contributed by atoms with Crippen molar-refractivity contribution in [2.75, 3.05) is 6.61 Å². The molecule has 0 aliphatic rings. The minimum atomic E-state index is -0.248. The minimum Gasteiger partial charge on any atom is -0.462 e. The molecule has 0 heterocycles. The predicted molar refractivity (Wildman–Crippen MR) is 65.3 cm³/mol. The van der Waals surface area contributed by atoms with E-state index < -0.39 is 0 Å². The lowest BCUT2D eigenvalue weighted by atomic mass is 10.1. The quantitative estimate of drug-likeness (QED) is 0.539. The Morgan fingerprint density at radius 2 is 2.12 bits per heavy atom. The van der Waals surface area contributed by atoms with E-state index in [2.05, 4.69) is 13.8 Å². The Morgan fingerprint density at radius 3 is 2.81 bits per heavy atom. The van der Waals surface area contributed by atoms with Gasteiger partial charge in [0.25, 0.3) is 0 Å².